The lowest BCUT2D eigenvalue weighted by Crippen LogP contribution is -2.37. The van der Waals surface area contributed by atoms with E-state index in [-0.39, 0.29) is 17.9 Å². The van der Waals surface area contributed by atoms with Crippen molar-refractivity contribution in [3.05, 3.63) is 35.6 Å². The number of nitrogens with zero attached hydrogens (tertiary/aromatic N) is 1. The average Bonchev–Trinajstić information content (AvgIpc) is 2.28. The van der Waals surface area contributed by atoms with E-state index in [2.05, 4.69) is 25.2 Å². The van der Waals surface area contributed by atoms with Crippen LogP contribution in [-0.4, -0.2) is 12.1 Å². The molecule has 1 aromatic carbocycles. The Morgan fingerprint density at radius 1 is 1.47 bits per heavy atom. The van der Waals surface area contributed by atoms with E-state index in [1.807, 2.05) is 6.07 Å². The smallest absolute Gasteiger partial charge is 0.123 e. The first kappa shape index (κ1) is 13.7. The molecule has 17 heavy (non-hydrogen) atoms. The minimum Gasteiger partial charge on any atom is -0.310 e. The lowest BCUT2D eigenvalue weighted by molar-refractivity contribution is 0.436. The first-order chi connectivity index (χ1) is 8.15. The summed E-state index contributed by atoms with van der Waals surface area (Å²) in [5.41, 5.74) is 0.983. The van der Waals surface area contributed by atoms with Gasteiger partial charge in [-0.3, -0.25) is 0 Å². The molecule has 0 saturated carbocycles. The molecule has 0 aliphatic rings. The molecule has 1 aromatic rings. The predicted octanol–water partition coefficient (Wildman–Crippen LogP) is 3.04. The van der Waals surface area contributed by atoms with Gasteiger partial charge in [0.15, 0.2) is 0 Å². The molecule has 0 amide bonds. The van der Waals surface area contributed by atoms with Gasteiger partial charge in [0.1, 0.15) is 5.82 Å². The Kier molecular flexibility index (Phi) is 5.65. The Hall–Kier alpha value is -1.40. The highest BCUT2D eigenvalue weighted by atomic mass is 19.1. The van der Waals surface area contributed by atoms with Gasteiger partial charge in [0.25, 0.3) is 0 Å². The fraction of sp³-hybridized carbons (Fsp3) is 0.500. The Morgan fingerprint density at radius 2 is 2.24 bits per heavy atom. The van der Waals surface area contributed by atoms with E-state index >= 15 is 0 Å². The van der Waals surface area contributed by atoms with Crippen LogP contribution >= 0.6 is 0 Å². The van der Waals surface area contributed by atoms with E-state index < -0.39 is 0 Å². The lowest BCUT2D eigenvalue weighted by Gasteiger charge is -2.20. The molecule has 1 rings (SSSR count). The van der Waals surface area contributed by atoms with Crippen molar-refractivity contribution < 1.29 is 4.39 Å². The number of hydrogen-bond donors (Lipinski definition) is 1. The molecule has 0 spiro atoms. The van der Waals surface area contributed by atoms with Gasteiger partial charge >= 0.3 is 0 Å². The molecule has 92 valence electrons. The Labute approximate surface area is 102 Å². The summed E-state index contributed by atoms with van der Waals surface area (Å²) in [6.45, 7) is 4.12. The van der Waals surface area contributed by atoms with Gasteiger partial charge in [-0.25, -0.2) is 4.39 Å². The second kappa shape index (κ2) is 7.03. The van der Waals surface area contributed by atoms with Crippen LogP contribution in [0, 0.1) is 17.1 Å². The van der Waals surface area contributed by atoms with Crippen LogP contribution in [0.5, 0.6) is 0 Å². The molecule has 0 aliphatic carbocycles. The quantitative estimate of drug-likeness (QED) is 0.821. The highest BCUT2D eigenvalue weighted by Gasteiger charge is 2.10. The summed E-state index contributed by atoms with van der Waals surface area (Å²) in [6, 6.07) is 9.30. The van der Waals surface area contributed by atoms with Gasteiger partial charge in [-0.2, -0.15) is 5.26 Å². The second-order valence-electron chi connectivity index (χ2n) is 4.37. The van der Waals surface area contributed by atoms with Gasteiger partial charge < -0.3 is 5.32 Å². The highest BCUT2D eigenvalue weighted by Crippen LogP contribution is 2.08. The third-order valence-electron chi connectivity index (χ3n) is 2.78. The average molecular weight is 234 g/mol. The fourth-order valence-electron chi connectivity index (χ4n) is 1.91. The number of benzene rings is 1. The molecule has 0 fully saturated rings. The van der Waals surface area contributed by atoms with Crippen LogP contribution in [0.4, 0.5) is 4.39 Å². The van der Waals surface area contributed by atoms with Crippen molar-refractivity contribution in [2.24, 2.45) is 0 Å². The molecule has 0 heterocycles. The number of hydrogen-bond acceptors (Lipinski definition) is 2. The van der Waals surface area contributed by atoms with Crippen molar-refractivity contribution >= 4 is 0 Å². The molecule has 2 nitrogen and oxygen atoms in total. The molecule has 2 atom stereocenters. The van der Waals surface area contributed by atoms with Gasteiger partial charge in [-0.1, -0.05) is 19.1 Å². The first-order valence-corrected chi connectivity index (χ1v) is 6.03. The number of nitriles is 1. The Balaban J connectivity index is 2.49. The number of rotatable bonds is 6. The zero-order chi connectivity index (χ0) is 12.7. The van der Waals surface area contributed by atoms with Gasteiger partial charge in [0, 0.05) is 12.1 Å². The van der Waals surface area contributed by atoms with Crippen molar-refractivity contribution in [2.45, 2.75) is 45.2 Å². The maximum absolute atomic E-state index is 13.0. The van der Waals surface area contributed by atoms with Crippen LogP contribution in [0.25, 0.3) is 0 Å². The molecular formula is C14H19FN2. The van der Waals surface area contributed by atoms with Crippen LogP contribution in [0.15, 0.2) is 24.3 Å². The van der Waals surface area contributed by atoms with E-state index in [1.165, 1.54) is 6.07 Å². The summed E-state index contributed by atoms with van der Waals surface area (Å²) < 4.78 is 13.0. The highest BCUT2D eigenvalue weighted by molar-refractivity contribution is 5.17. The minimum absolute atomic E-state index is 0.196. The van der Waals surface area contributed by atoms with Crippen molar-refractivity contribution in [1.82, 2.24) is 5.32 Å². The zero-order valence-corrected chi connectivity index (χ0v) is 10.4. The number of nitrogens with one attached hydrogen (secondary N) is 1. The van der Waals surface area contributed by atoms with E-state index in [9.17, 15) is 4.39 Å². The van der Waals surface area contributed by atoms with Gasteiger partial charge in [-0.15, -0.1) is 0 Å². The summed E-state index contributed by atoms with van der Waals surface area (Å²) in [4.78, 5) is 0. The maximum atomic E-state index is 13.0. The lowest BCUT2D eigenvalue weighted by atomic mass is 10.0. The number of halogens is 1. The molecule has 2 unspecified atom stereocenters. The minimum atomic E-state index is -0.196. The molecule has 0 saturated heterocycles. The maximum Gasteiger partial charge on any atom is 0.123 e. The van der Waals surface area contributed by atoms with Crippen LogP contribution in [-0.2, 0) is 6.42 Å². The third-order valence-corrected chi connectivity index (χ3v) is 2.78. The topological polar surface area (TPSA) is 35.8 Å². The van der Waals surface area contributed by atoms with Crippen molar-refractivity contribution in [3.8, 4) is 6.07 Å². The Bertz CT molecular complexity index is 384. The summed E-state index contributed by atoms with van der Waals surface area (Å²) in [7, 11) is 0. The molecule has 0 bridgehead atoms. The molecule has 3 heteroatoms. The van der Waals surface area contributed by atoms with Crippen molar-refractivity contribution in [1.29, 1.82) is 5.26 Å². The largest absolute Gasteiger partial charge is 0.310 e. The molecule has 0 aliphatic heterocycles. The fourth-order valence-corrected chi connectivity index (χ4v) is 1.91. The van der Waals surface area contributed by atoms with E-state index in [4.69, 9.17) is 5.26 Å². The van der Waals surface area contributed by atoms with Crippen molar-refractivity contribution in [2.75, 3.05) is 0 Å². The summed E-state index contributed by atoms with van der Waals surface area (Å²) in [5, 5.41) is 12.1. The standard InChI is InChI=1S/C14H19FN2/c1-3-14(7-8-16)17-11(2)9-12-5-4-6-13(15)10-12/h4-6,10-11,14,17H,3,7,9H2,1-2H3. The summed E-state index contributed by atoms with van der Waals surface area (Å²) in [6.07, 6.45) is 2.23. The predicted molar refractivity (Wildman–Crippen MR) is 67.0 cm³/mol. The third kappa shape index (κ3) is 4.97. The second-order valence-corrected chi connectivity index (χ2v) is 4.37. The molecule has 0 radical (unpaired) electrons. The van der Waals surface area contributed by atoms with Gasteiger partial charge in [0.2, 0.25) is 0 Å². The van der Waals surface area contributed by atoms with Gasteiger partial charge in [0.05, 0.1) is 12.5 Å². The van der Waals surface area contributed by atoms with E-state index in [0.29, 0.717) is 6.42 Å². The SMILES string of the molecule is CCC(CC#N)NC(C)Cc1cccc(F)c1. The normalized spacial score (nSPS) is 14.0. The van der Waals surface area contributed by atoms with E-state index in [0.717, 1.165) is 18.4 Å². The van der Waals surface area contributed by atoms with Crippen LogP contribution in [0.2, 0.25) is 0 Å². The van der Waals surface area contributed by atoms with E-state index in [1.54, 1.807) is 12.1 Å². The molecular weight excluding hydrogens is 215 g/mol. The van der Waals surface area contributed by atoms with Crippen molar-refractivity contribution in [3.63, 3.8) is 0 Å². The summed E-state index contributed by atoms with van der Waals surface area (Å²) >= 11 is 0. The molecule has 0 aromatic heterocycles. The molecule has 1 N–H and O–H groups in total. The Morgan fingerprint density at radius 3 is 2.82 bits per heavy atom. The van der Waals surface area contributed by atoms with Crippen LogP contribution in [0.3, 0.4) is 0 Å². The summed E-state index contributed by atoms with van der Waals surface area (Å²) in [5.74, 6) is -0.196. The van der Waals surface area contributed by atoms with Gasteiger partial charge in [-0.05, 0) is 37.5 Å². The van der Waals surface area contributed by atoms with Crippen LogP contribution in [0.1, 0.15) is 32.3 Å². The first-order valence-electron chi connectivity index (χ1n) is 6.03. The van der Waals surface area contributed by atoms with Crippen LogP contribution < -0.4 is 5.32 Å². The zero-order valence-electron chi connectivity index (χ0n) is 10.4. The monoisotopic (exact) mass is 234 g/mol.